The Morgan fingerprint density at radius 1 is 1.35 bits per heavy atom. The summed E-state index contributed by atoms with van der Waals surface area (Å²) in [5.74, 6) is 0. The van der Waals surface area contributed by atoms with Gasteiger partial charge in [-0.3, -0.25) is 9.97 Å². The predicted molar refractivity (Wildman–Crippen MR) is 92.6 cm³/mol. The summed E-state index contributed by atoms with van der Waals surface area (Å²) >= 11 is 0. The molecule has 3 heterocycles. The molecular weight excluding hydrogens is 288 g/mol. The van der Waals surface area contributed by atoms with Crippen LogP contribution in [0.3, 0.4) is 0 Å². The van der Waals surface area contributed by atoms with Gasteiger partial charge in [-0.05, 0) is 44.1 Å². The van der Waals surface area contributed by atoms with E-state index in [0.29, 0.717) is 24.0 Å². The van der Waals surface area contributed by atoms with Crippen molar-refractivity contribution in [3.8, 4) is 11.3 Å². The Kier molecular flexibility index (Phi) is 4.95. The minimum atomic E-state index is 0.470. The highest BCUT2D eigenvalue weighted by Gasteiger charge is 2.14. The minimum Gasteiger partial charge on any atom is -0.397 e. The van der Waals surface area contributed by atoms with Gasteiger partial charge in [0.2, 0.25) is 0 Å². The first kappa shape index (κ1) is 15.6. The molecule has 0 bridgehead atoms. The summed E-state index contributed by atoms with van der Waals surface area (Å²) in [6, 6.07) is 6.17. The van der Waals surface area contributed by atoms with Gasteiger partial charge in [0.25, 0.3) is 0 Å². The summed E-state index contributed by atoms with van der Waals surface area (Å²) < 4.78 is 0. The summed E-state index contributed by atoms with van der Waals surface area (Å²) in [6.45, 7) is 2.59. The fourth-order valence-electron chi connectivity index (χ4n) is 2.77. The van der Waals surface area contributed by atoms with Crippen molar-refractivity contribution in [2.24, 2.45) is 0 Å². The first-order valence-corrected chi connectivity index (χ1v) is 7.92. The van der Waals surface area contributed by atoms with E-state index in [9.17, 15) is 0 Å². The molecule has 0 radical (unpaired) electrons. The zero-order valence-corrected chi connectivity index (χ0v) is 13.0. The lowest BCUT2D eigenvalue weighted by Crippen LogP contribution is -2.42. The minimum absolute atomic E-state index is 0.470. The molecule has 23 heavy (non-hydrogen) atoms. The largest absolute Gasteiger partial charge is 0.397 e. The average Bonchev–Trinajstić information content (AvgIpc) is 2.62. The molecule has 0 aliphatic carbocycles. The first-order chi connectivity index (χ1) is 11.2. The van der Waals surface area contributed by atoms with E-state index in [2.05, 4.69) is 20.6 Å². The third kappa shape index (κ3) is 3.91. The van der Waals surface area contributed by atoms with Crippen LogP contribution < -0.4 is 16.4 Å². The standard InChI is InChI=1S/C17H22N6/c18-15(10-22-13-3-6-20-7-4-13)14-8-17(23-11-16(14)19)12-2-1-5-21-9-12/h1-2,5,8-9,11,13,18,20,22H,3-4,6-7,10,19H2. The second-order valence-corrected chi connectivity index (χ2v) is 5.78. The van der Waals surface area contributed by atoms with Crippen LogP contribution >= 0.6 is 0 Å². The van der Waals surface area contributed by atoms with Crippen LogP contribution in [0.4, 0.5) is 5.69 Å². The number of piperidine rings is 1. The van der Waals surface area contributed by atoms with E-state index >= 15 is 0 Å². The number of nitrogen functional groups attached to an aromatic ring is 1. The average molecular weight is 310 g/mol. The van der Waals surface area contributed by atoms with E-state index in [1.54, 1.807) is 18.6 Å². The van der Waals surface area contributed by atoms with Gasteiger partial charge in [0.05, 0.1) is 23.3 Å². The molecule has 0 amide bonds. The van der Waals surface area contributed by atoms with E-state index in [4.69, 9.17) is 11.1 Å². The van der Waals surface area contributed by atoms with Crippen molar-refractivity contribution in [3.05, 3.63) is 42.4 Å². The molecule has 6 nitrogen and oxygen atoms in total. The van der Waals surface area contributed by atoms with E-state index in [0.717, 1.165) is 42.8 Å². The van der Waals surface area contributed by atoms with Gasteiger partial charge in [0, 0.05) is 36.1 Å². The molecule has 1 fully saturated rings. The highest BCUT2D eigenvalue weighted by Crippen LogP contribution is 2.20. The van der Waals surface area contributed by atoms with Gasteiger partial charge in [0.15, 0.2) is 0 Å². The van der Waals surface area contributed by atoms with Crippen LogP contribution in [0.5, 0.6) is 0 Å². The number of hydrogen-bond donors (Lipinski definition) is 4. The van der Waals surface area contributed by atoms with E-state index in [1.165, 1.54) is 0 Å². The van der Waals surface area contributed by atoms with Crippen LogP contribution in [0.1, 0.15) is 18.4 Å². The summed E-state index contributed by atoms with van der Waals surface area (Å²) in [5.41, 5.74) is 9.50. The van der Waals surface area contributed by atoms with Crippen molar-refractivity contribution in [1.82, 2.24) is 20.6 Å². The summed E-state index contributed by atoms with van der Waals surface area (Å²) in [6.07, 6.45) is 7.31. The Balaban J connectivity index is 1.72. The van der Waals surface area contributed by atoms with Crippen LogP contribution in [-0.4, -0.2) is 41.4 Å². The number of anilines is 1. The van der Waals surface area contributed by atoms with E-state index in [1.807, 2.05) is 18.2 Å². The predicted octanol–water partition coefficient (Wildman–Crippen LogP) is 1.44. The maximum atomic E-state index is 8.35. The van der Waals surface area contributed by atoms with E-state index in [-0.39, 0.29) is 0 Å². The summed E-state index contributed by atoms with van der Waals surface area (Å²) in [4.78, 5) is 8.46. The van der Waals surface area contributed by atoms with Crippen LogP contribution in [0, 0.1) is 5.41 Å². The molecule has 1 aliphatic heterocycles. The molecule has 1 saturated heterocycles. The topological polar surface area (TPSA) is 99.7 Å². The van der Waals surface area contributed by atoms with Gasteiger partial charge in [-0.15, -0.1) is 0 Å². The van der Waals surface area contributed by atoms with Gasteiger partial charge < -0.3 is 21.8 Å². The van der Waals surface area contributed by atoms with Gasteiger partial charge in [-0.1, -0.05) is 0 Å². The lowest BCUT2D eigenvalue weighted by Gasteiger charge is -2.24. The van der Waals surface area contributed by atoms with Crippen molar-refractivity contribution in [2.45, 2.75) is 18.9 Å². The van der Waals surface area contributed by atoms with Gasteiger partial charge >= 0.3 is 0 Å². The number of nitrogens with one attached hydrogen (secondary N) is 3. The number of aromatic nitrogens is 2. The molecule has 0 saturated carbocycles. The fourth-order valence-corrected chi connectivity index (χ4v) is 2.77. The first-order valence-electron chi connectivity index (χ1n) is 7.92. The summed E-state index contributed by atoms with van der Waals surface area (Å²) in [7, 11) is 0. The molecule has 2 aromatic heterocycles. The third-order valence-electron chi connectivity index (χ3n) is 4.12. The summed E-state index contributed by atoms with van der Waals surface area (Å²) in [5, 5.41) is 15.1. The maximum Gasteiger partial charge on any atom is 0.0725 e. The molecular formula is C17H22N6. The normalized spacial score (nSPS) is 15.5. The molecule has 6 heteroatoms. The fraction of sp³-hybridized carbons (Fsp3) is 0.353. The van der Waals surface area contributed by atoms with Crippen LogP contribution in [0.2, 0.25) is 0 Å². The highest BCUT2D eigenvalue weighted by atomic mass is 15.0. The van der Waals surface area contributed by atoms with Gasteiger partial charge in [-0.25, -0.2) is 0 Å². The van der Waals surface area contributed by atoms with Gasteiger partial charge in [-0.2, -0.15) is 0 Å². The van der Waals surface area contributed by atoms with Crippen molar-refractivity contribution in [3.63, 3.8) is 0 Å². The van der Waals surface area contributed by atoms with Crippen molar-refractivity contribution >= 4 is 11.4 Å². The Morgan fingerprint density at radius 3 is 2.91 bits per heavy atom. The lowest BCUT2D eigenvalue weighted by molar-refractivity contribution is 0.402. The van der Waals surface area contributed by atoms with Crippen molar-refractivity contribution in [1.29, 1.82) is 5.41 Å². The number of hydrogen-bond acceptors (Lipinski definition) is 6. The van der Waals surface area contributed by atoms with Crippen molar-refractivity contribution in [2.75, 3.05) is 25.4 Å². The molecule has 3 rings (SSSR count). The van der Waals surface area contributed by atoms with Crippen LogP contribution in [0.25, 0.3) is 11.3 Å². The third-order valence-corrected chi connectivity index (χ3v) is 4.12. The smallest absolute Gasteiger partial charge is 0.0725 e. The number of rotatable bonds is 5. The molecule has 0 spiro atoms. The van der Waals surface area contributed by atoms with Crippen LogP contribution in [0.15, 0.2) is 36.8 Å². The lowest BCUT2D eigenvalue weighted by atomic mass is 10.0. The molecule has 1 aliphatic rings. The second kappa shape index (κ2) is 7.30. The number of nitrogens with two attached hydrogens (primary N) is 1. The monoisotopic (exact) mass is 310 g/mol. The number of nitrogens with zero attached hydrogens (tertiary/aromatic N) is 2. The quantitative estimate of drug-likeness (QED) is 0.626. The van der Waals surface area contributed by atoms with E-state index < -0.39 is 0 Å². The Morgan fingerprint density at radius 2 is 2.17 bits per heavy atom. The zero-order chi connectivity index (χ0) is 16.1. The second-order valence-electron chi connectivity index (χ2n) is 5.78. The molecule has 0 atom stereocenters. The number of pyridine rings is 2. The van der Waals surface area contributed by atoms with Crippen LogP contribution in [-0.2, 0) is 0 Å². The van der Waals surface area contributed by atoms with Gasteiger partial charge in [0.1, 0.15) is 0 Å². The molecule has 120 valence electrons. The zero-order valence-electron chi connectivity index (χ0n) is 13.0. The molecule has 0 unspecified atom stereocenters. The SMILES string of the molecule is N=C(CNC1CCNCC1)c1cc(-c2cccnc2)ncc1N. The molecule has 2 aromatic rings. The maximum absolute atomic E-state index is 8.35. The Hall–Kier alpha value is -2.31. The molecule has 5 N–H and O–H groups in total. The Labute approximate surface area is 136 Å². The molecule has 0 aromatic carbocycles. The van der Waals surface area contributed by atoms with Crippen molar-refractivity contribution < 1.29 is 0 Å². The highest BCUT2D eigenvalue weighted by molar-refractivity contribution is 6.04. The Bertz CT molecular complexity index is 664.